The van der Waals surface area contributed by atoms with Crippen LogP contribution in [0.4, 0.5) is 10.1 Å². The van der Waals surface area contributed by atoms with Crippen LogP contribution < -0.4 is 9.62 Å². The first kappa shape index (κ1) is 24.3. The van der Waals surface area contributed by atoms with Crippen molar-refractivity contribution >= 4 is 27.5 Å². The number of aryl methyl sites for hydroxylation is 1. The van der Waals surface area contributed by atoms with Crippen molar-refractivity contribution < 1.29 is 22.4 Å². The fraction of sp³-hybridized carbons (Fsp3) is 0.364. The second kappa shape index (κ2) is 10.4. The summed E-state index contributed by atoms with van der Waals surface area (Å²) in [6.07, 6.45) is 0.973. The van der Waals surface area contributed by atoms with Crippen molar-refractivity contribution in [1.29, 1.82) is 0 Å². The number of carbonyl (C=O) groups is 2. The predicted octanol–water partition coefficient (Wildman–Crippen LogP) is 2.45. The maximum absolute atomic E-state index is 13.3. The Morgan fingerprint density at radius 3 is 2.16 bits per heavy atom. The fourth-order valence-corrected chi connectivity index (χ4v) is 3.87. The molecular weight excluding hydrogens is 421 g/mol. The molecule has 2 rings (SSSR count). The minimum Gasteiger partial charge on any atom is -0.355 e. The molecule has 0 aliphatic carbocycles. The van der Waals surface area contributed by atoms with Crippen molar-refractivity contribution in [2.75, 3.05) is 23.7 Å². The van der Waals surface area contributed by atoms with Gasteiger partial charge in [0.15, 0.2) is 0 Å². The van der Waals surface area contributed by atoms with Crippen LogP contribution in [0.1, 0.15) is 25.0 Å². The van der Waals surface area contributed by atoms with Gasteiger partial charge in [-0.05, 0) is 50.6 Å². The number of amides is 2. The molecule has 0 spiro atoms. The topological polar surface area (TPSA) is 86.8 Å². The molecule has 0 aromatic heterocycles. The van der Waals surface area contributed by atoms with Crippen molar-refractivity contribution in [3.05, 3.63) is 65.5 Å². The van der Waals surface area contributed by atoms with E-state index >= 15 is 0 Å². The molecule has 0 heterocycles. The molecule has 31 heavy (non-hydrogen) atoms. The number of carbonyl (C=O) groups excluding carboxylic acids is 2. The van der Waals surface area contributed by atoms with Crippen molar-refractivity contribution in [3.8, 4) is 0 Å². The number of rotatable bonds is 9. The summed E-state index contributed by atoms with van der Waals surface area (Å²) in [7, 11) is -3.83. The first-order chi connectivity index (χ1) is 14.5. The largest absolute Gasteiger partial charge is 0.355 e. The quantitative estimate of drug-likeness (QED) is 0.637. The maximum Gasteiger partial charge on any atom is 0.244 e. The Balaban J connectivity index is 2.35. The SMILES string of the molecule is CCNC(=O)[C@@H](C)N(Cc1ccc(C)cc1)C(=O)CN(c1ccc(F)cc1)S(C)(=O)=O. The van der Waals surface area contributed by atoms with Gasteiger partial charge >= 0.3 is 0 Å². The molecule has 2 aromatic carbocycles. The second-order valence-corrected chi connectivity index (χ2v) is 9.23. The molecule has 0 aliphatic rings. The summed E-state index contributed by atoms with van der Waals surface area (Å²) in [6.45, 7) is 5.34. The standard InChI is InChI=1S/C22H28FN3O4S/c1-5-24-22(28)17(3)25(14-18-8-6-16(2)7-9-18)21(27)15-26(31(4,29)30)20-12-10-19(23)11-13-20/h6-13,17H,5,14-15H2,1-4H3,(H,24,28)/t17-/m1/s1. The third kappa shape index (κ3) is 6.78. The van der Waals surface area contributed by atoms with Gasteiger partial charge in [0.2, 0.25) is 21.8 Å². The Bertz CT molecular complexity index is 1010. The van der Waals surface area contributed by atoms with Crippen molar-refractivity contribution in [3.63, 3.8) is 0 Å². The van der Waals surface area contributed by atoms with Gasteiger partial charge in [0.1, 0.15) is 18.4 Å². The third-order valence-corrected chi connectivity index (χ3v) is 5.93. The lowest BCUT2D eigenvalue weighted by Gasteiger charge is -2.31. The zero-order chi connectivity index (χ0) is 23.2. The van der Waals surface area contributed by atoms with Crippen LogP contribution in [0, 0.1) is 12.7 Å². The zero-order valence-electron chi connectivity index (χ0n) is 18.1. The van der Waals surface area contributed by atoms with Crippen LogP contribution >= 0.6 is 0 Å². The number of hydrogen-bond acceptors (Lipinski definition) is 4. The van der Waals surface area contributed by atoms with Gasteiger partial charge in [0.05, 0.1) is 11.9 Å². The lowest BCUT2D eigenvalue weighted by Crippen LogP contribution is -2.51. The zero-order valence-corrected chi connectivity index (χ0v) is 18.9. The first-order valence-corrected chi connectivity index (χ1v) is 11.7. The molecule has 0 radical (unpaired) electrons. The Labute approximate surface area is 182 Å². The van der Waals surface area contributed by atoms with Crippen molar-refractivity contribution in [2.24, 2.45) is 0 Å². The van der Waals surface area contributed by atoms with E-state index in [4.69, 9.17) is 0 Å². The van der Waals surface area contributed by atoms with Crippen molar-refractivity contribution in [2.45, 2.75) is 33.4 Å². The summed E-state index contributed by atoms with van der Waals surface area (Å²) >= 11 is 0. The number of sulfonamides is 1. The fourth-order valence-electron chi connectivity index (χ4n) is 3.02. The molecule has 2 aromatic rings. The van der Waals surface area contributed by atoms with Gasteiger partial charge in [-0.1, -0.05) is 29.8 Å². The molecular formula is C22H28FN3O4S. The molecule has 0 saturated heterocycles. The summed E-state index contributed by atoms with van der Waals surface area (Å²) in [5.74, 6) is -1.40. The van der Waals surface area contributed by atoms with E-state index in [-0.39, 0.29) is 18.1 Å². The van der Waals surface area contributed by atoms with E-state index in [2.05, 4.69) is 5.32 Å². The van der Waals surface area contributed by atoms with E-state index in [0.717, 1.165) is 33.8 Å². The Morgan fingerprint density at radius 1 is 1.06 bits per heavy atom. The van der Waals surface area contributed by atoms with Gasteiger partial charge in [-0.15, -0.1) is 0 Å². The first-order valence-electron chi connectivity index (χ1n) is 9.89. The van der Waals surface area contributed by atoms with Crippen LogP contribution in [0.5, 0.6) is 0 Å². The second-order valence-electron chi connectivity index (χ2n) is 7.32. The smallest absolute Gasteiger partial charge is 0.244 e. The van der Waals surface area contributed by atoms with E-state index in [1.807, 2.05) is 31.2 Å². The monoisotopic (exact) mass is 449 g/mol. The molecule has 2 amide bonds. The van der Waals surface area contributed by atoms with Crippen LogP contribution in [0.2, 0.25) is 0 Å². The van der Waals surface area contributed by atoms with Gasteiger partial charge in [-0.3, -0.25) is 13.9 Å². The van der Waals surface area contributed by atoms with Gasteiger partial charge in [-0.2, -0.15) is 0 Å². The number of halogens is 1. The number of hydrogen-bond donors (Lipinski definition) is 1. The minimum atomic E-state index is -3.83. The van der Waals surface area contributed by atoms with E-state index < -0.39 is 34.3 Å². The molecule has 1 atom stereocenters. The molecule has 9 heteroatoms. The Morgan fingerprint density at radius 2 is 1.65 bits per heavy atom. The molecule has 0 unspecified atom stereocenters. The van der Waals surface area contributed by atoms with Gasteiger partial charge in [0.25, 0.3) is 0 Å². The lowest BCUT2D eigenvalue weighted by atomic mass is 10.1. The molecule has 7 nitrogen and oxygen atoms in total. The highest BCUT2D eigenvalue weighted by molar-refractivity contribution is 7.92. The highest BCUT2D eigenvalue weighted by atomic mass is 32.2. The minimum absolute atomic E-state index is 0.137. The van der Waals surface area contributed by atoms with Crippen molar-refractivity contribution in [1.82, 2.24) is 10.2 Å². The molecule has 1 N–H and O–H groups in total. The lowest BCUT2D eigenvalue weighted by molar-refractivity contribution is -0.139. The van der Waals surface area contributed by atoms with Gasteiger partial charge in [0, 0.05) is 13.1 Å². The molecule has 0 saturated carbocycles. The van der Waals surface area contributed by atoms with Crippen LogP contribution in [0.25, 0.3) is 0 Å². The van der Waals surface area contributed by atoms with E-state index in [1.54, 1.807) is 13.8 Å². The predicted molar refractivity (Wildman–Crippen MR) is 118 cm³/mol. The Kier molecular flexibility index (Phi) is 8.15. The molecule has 0 bridgehead atoms. The van der Waals surface area contributed by atoms with Gasteiger partial charge in [-0.25, -0.2) is 12.8 Å². The number of nitrogens with zero attached hydrogens (tertiary/aromatic N) is 2. The van der Waals surface area contributed by atoms with E-state index in [9.17, 15) is 22.4 Å². The molecule has 0 aliphatic heterocycles. The number of likely N-dealkylation sites (N-methyl/N-ethyl adjacent to an activating group) is 1. The average Bonchev–Trinajstić information content (AvgIpc) is 2.71. The van der Waals surface area contributed by atoms with Crippen LogP contribution in [0.15, 0.2) is 48.5 Å². The summed E-state index contributed by atoms with van der Waals surface area (Å²) in [4.78, 5) is 27.0. The maximum atomic E-state index is 13.3. The summed E-state index contributed by atoms with van der Waals surface area (Å²) < 4.78 is 38.9. The van der Waals surface area contributed by atoms with Gasteiger partial charge < -0.3 is 10.2 Å². The number of anilines is 1. The molecule has 168 valence electrons. The summed E-state index contributed by atoms with van der Waals surface area (Å²) in [5, 5.41) is 2.69. The van der Waals surface area contributed by atoms with E-state index in [1.165, 1.54) is 17.0 Å². The Hall–Kier alpha value is -2.94. The third-order valence-electron chi connectivity index (χ3n) is 4.79. The number of benzene rings is 2. The molecule has 0 fully saturated rings. The van der Waals surface area contributed by atoms with Crippen LogP contribution in [-0.4, -0.2) is 50.5 Å². The van der Waals surface area contributed by atoms with Crippen LogP contribution in [-0.2, 0) is 26.2 Å². The highest BCUT2D eigenvalue weighted by Gasteiger charge is 2.29. The summed E-state index contributed by atoms with van der Waals surface area (Å²) in [6, 6.07) is 11.5. The highest BCUT2D eigenvalue weighted by Crippen LogP contribution is 2.19. The van der Waals surface area contributed by atoms with E-state index in [0.29, 0.717) is 6.54 Å². The van der Waals surface area contributed by atoms with Crippen LogP contribution in [0.3, 0.4) is 0 Å². The average molecular weight is 450 g/mol. The summed E-state index contributed by atoms with van der Waals surface area (Å²) in [5.41, 5.74) is 2.03. The normalized spacial score (nSPS) is 12.2. The number of nitrogens with one attached hydrogen (secondary N) is 1.